The minimum absolute atomic E-state index is 0.0284. The molecule has 0 spiro atoms. The maximum absolute atomic E-state index is 13.6. The summed E-state index contributed by atoms with van der Waals surface area (Å²) < 4.78 is 1.64. The van der Waals surface area contributed by atoms with Crippen molar-refractivity contribution in [2.45, 2.75) is 89.0 Å². The first kappa shape index (κ1) is 30.1. The van der Waals surface area contributed by atoms with Gasteiger partial charge in [0.1, 0.15) is 0 Å². The van der Waals surface area contributed by atoms with Gasteiger partial charge >= 0.3 is 0 Å². The first-order chi connectivity index (χ1) is 19.1. The maximum Gasteiger partial charge on any atom is 0.257 e. The van der Waals surface area contributed by atoms with Crippen LogP contribution in [0, 0.1) is 12.8 Å². The van der Waals surface area contributed by atoms with Gasteiger partial charge in [0.15, 0.2) is 5.16 Å². The molecule has 0 saturated carbocycles. The van der Waals surface area contributed by atoms with Gasteiger partial charge < -0.3 is 4.90 Å². The summed E-state index contributed by atoms with van der Waals surface area (Å²) >= 11 is 1.45. The Morgan fingerprint density at radius 2 is 1.68 bits per heavy atom. The molecule has 5 nitrogen and oxygen atoms in total. The predicted molar refractivity (Wildman–Crippen MR) is 166 cm³/mol. The number of piperidine rings is 1. The molecule has 1 aliphatic heterocycles. The van der Waals surface area contributed by atoms with E-state index in [-0.39, 0.29) is 22.1 Å². The molecular formula is C34H45N3O2S. The van der Waals surface area contributed by atoms with E-state index in [9.17, 15) is 9.59 Å². The molecule has 6 heteroatoms. The number of hydrogen-bond donors (Lipinski definition) is 0. The normalized spacial score (nSPS) is 15.3. The van der Waals surface area contributed by atoms with Crippen molar-refractivity contribution in [3.05, 3.63) is 92.9 Å². The summed E-state index contributed by atoms with van der Waals surface area (Å²) in [7, 11) is 1.78. The van der Waals surface area contributed by atoms with Crippen molar-refractivity contribution in [2.75, 3.05) is 13.1 Å². The van der Waals surface area contributed by atoms with Gasteiger partial charge in [-0.1, -0.05) is 100 Å². The third kappa shape index (κ3) is 7.45. The summed E-state index contributed by atoms with van der Waals surface area (Å²) in [6.07, 6.45) is 5.37. The van der Waals surface area contributed by atoms with Crippen molar-refractivity contribution in [2.24, 2.45) is 13.0 Å². The average molecular weight is 560 g/mol. The molecule has 0 bridgehead atoms. The summed E-state index contributed by atoms with van der Waals surface area (Å²) in [5.74, 6) is 0.797. The van der Waals surface area contributed by atoms with Crippen LogP contribution in [0.25, 0.3) is 0 Å². The van der Waals surface area contributed by atoms with E-state index < -0.39 is 0 Å². The number of rotatable bonds is 9. The number of thioether (sulfide) groups is 1. The molecule has 2 aromatic carbocycles. The van der Waals surface area contributed by atoms with Crippen LogP contribution in [0.5, 0.6) is 0 Å². The van der Waals surface area contributed by atoms with E-state index in [0.29, 0.717) is 23.1 Å². The Morgan fingerprint density at radius 1 is 1.02 bits per heavy atom. The van der Waals surface area contributed by atoms with Crippen LogP contribution in [-0.4, -0.2) is 38.7 Å². The van der Waals surface area contributed by atoms with Gasteiger partial charge in [0.2, 0.25) is 5.91 Å². The number of nitrogens with zero attached hydrogens (tertiary/aromatic N) is 3. The van der Waals surface area contributed by atoms with Gasteiger partial charge in [-0.05, 0) is 60.6 Å². The molecule has 1 fully saturated rings. The molecule has 1 amide bonds. The third-order valence-electron chi connectivity index (χ3n) is 8.12. The highest BCUT2D eigenvalue weighted by molar-refractivity contribution is 8.00. The van der Waals surface area contributed by atoms with E-state index in [2.05, 4.69) is 82.3 Å². The zero-order valence-electron chi connectivity index (χ0n) is 25.1. The highest BCUT2D eigenvalue weighted by Gasteiger charge is 2.30. The summed E-state index contributed by atoms with van der Waals surface area (Å²) in [6.45, 7) is 12.2. The van der Waals surface area contributed by atoms with E-state index >= 15 is 0 Å². The highest BCUT2D eigenvalue weighted by Crippen LogP contribution is 2.29. The lowest BCUT2D eigenvalue weighted by Crippen LogP contribution is -2.43. The van der Waals surface area contributed by atoms with Crippen LogP contribution in [0.2, 0.25) is 0 Å². The van der Waals surface area contributed by atoms with Crippen LogP contribution < -0.4 is 5.56 Å². The summed E-state index contributed by atoms with van der Waals surface area (Å²) in [5.41, 5.74) is 5.28. The molecule has 1 atom stereocenters. The van der Waals surface area contributed by atoms with E-state index in [4.69, 9.17) is 4.98 Å². The van der Waals surface area contributed by atoms with Gasteiger partial charge in [-0.3, -0.25) is 14.2 Å². The Balaban J connectivity index is 1.43. The van der Waals surface area contributed by atoms with Gasteiger partial charge in [-0.2, -0.15) is 0 Å². The molecule has 1 saturated heterocycles. The number of amides is 1. The van der Waals surface area contributed by atoms with Crippen LogP contribution in [0.3, 0.4) is 0 Å². The molecule has 1 unspecified atom stereocenters. The topological polar surface area (TPSA) is 55.2 Å². The zero-order valence-corrected chi connectivity index (χ0v) is 25.9. The molecule has 1 aliphatic rings. The number of carbonyl (C=O) groups is 1. The Hall–Kier alpha value is -2.86. The molecule has 1 aromatic heterocycles. The molecule has 4 rings (SSSR count). The second-order valence-electron chi connectivity index (χ2n) is 12.3. The second kappa shape index (κ2) is 13.2. The van der Waals surface area contributed by atoms with Gasteiger partial charge in [0, 0.05) is 37.8 Å². The molecule has 2 heterocycles. The van der Waals surface area contributed by atoms with Crippen molar-refractivity contribution < 1.29 is 4.79 Å². The Labute approximate surface area is 244 Å². The first-order valence-electron chi connectivity index (χ1n) is 14.7. The summed E-state index contributed by atoms with van der Waals surface area (Å²) in [4.78, 5) is 34.0. The summed E-state index contributed by atoms with van der Waals surface area (Å²) in [6, 6.07) is 19.2. The largest absolute Gasteiger partial charge is 0.342 e. The first-order valence-corrected chi connectivity index (χ1v) is 15.6. The number of benzene rings is 2. The van der Waals surface area contributed by atoms with Crippen molar-refractivity contribution in [3.8, 4) is 0 Å². The van der Waals surface area contributed by atoms with Crippen LogP contribution in [0.15, 0.2) is 64.5 Å². The van der Waals surface area contributed by atoms with Crippen molar-refractivity contribution in [1.29, 1.82) is 0 Å². The van der Waals surface area contributed by atoms with Gasteiger partial charge in [0.25, 0.3) is 5.56 Å². The molecule has 3 aromatic rings. The maximum atomic E-state index is 13.6. The highest BCUT2D eigenvalue weighted by atomic mass is 32.2. The molecular weight excluding hydrogens is 514 g/mol. The molecule has 0 N–H and O–H groups in total. The fourth-order valence-electron chi connectivity index (χ4n) is 5.50. The number of likely N-dealkylation sites (tertiary alicyclic amines) is 1. The third-order valence-corrected chi connectivity index (χ3v) is 9.42. The minimum Gasteiger partial charge on any atom is -0.342 e. The Bertz CT molecular complexity index is 1330. The van der Waals surface area contributed by atoms with Crippen molar-refractivity contribution in [1.82, 2.24) is 14.5 Å². The lowest BCUT2D eigenvalue weighted by atomic mass is 9.86. The zero-order chi connectivity index (χ0) is 28.9. The van der Waals surface area contributed by atoms with Crippen LogP contribution in [-0.2, 0) is 30.1 Å². The lowest BCUT2D eigenvalue weighted by molar-refractivity contribution is -0.132. The van der Waals surface area contributed by atoms with Gasteiger partial charge in [0.05, 0.1) is 5.25 Å². The van der Waals surface area contributed by atoms with Gasteiger partial charge in [-0.25, -0.2) is 4.98 Å². The fourth-order valence-corrected chi connectivity index (χ4v) is 6.79. The standard InChI is InChI=1S/C34H45N3O2S/c1-7-11-30(32(39)37-20-18-27(19-21-37)22-25-12-9-8-10-13-25)40-33-35-24(2)29(31(38)36(33)6)23-26-14-16-28(17-15-26)34(3,4)5/h8-10,12-17,27,30H,7,11,18-23H2,1-6H3. The molecule has 214 valence electrons. The number of aryl methyl sites for hydroxylation is 1. The van der Waals surface area contributed by atoms with E-state index in [1.807, 2.05) is 11.8 Å². The number of carbonyl (C=O) groups excluding carboxylic acids is 1. The van der Waals surface area contributed by atoms with Crippen molar-refractivity contribution >= 4 is 17.7 Å². The second-order valence-corrected chi connectivity index (χ2v) is 13.5. The lowest BCUT2D eigenvalue weighted by Gasteiger charge is -2.34. The van der Waals surface area contributed by atoms with Crippen LogP contribution in [0.1, 0.15) is 81.3 Å². The van der Waals surface area contributed by atoms with Crippen LogP contribution in [0.4, 0.5) is 0 Å². The number of aromatic nitrogens is 2. The van der Waals surface area contributed by atoms with E-state index in [1.165, 1.54) is 22.9 Å². The smallest absolute Gasteiger partial charge is 0.257 e. The van der Waals surface area contributed by atoms with Crippen LogP contribution >= 0.6 is 11.8 Å². The monoisotopic (exact) mass is 559 g/mol. The Morgan fingerprint density at radius 3 is 2.27 bits per heavy atom. The average Bonchev–Trinajstić information content (AvgIpc) is 2.94. The SMILES string of the molecule is CCCC(Sc1nc(C)c(Cc2ccc(C(C)(C)C)cc2)c(=O)n1C)C(=O)N1CCC(Cc2ccccc2)CC1. The van der Waals surface area contributed by atoms with E-state index in [0.717, 1.165) is 56.5 Å². The summed E-state index contributed by atoms with van der Waals surface area (Å²) in [5, 5.41) is 0.393. The van der Waals surface area contributed by atoms with E-state index in [1.54, 1.807) is 11.6 Å². The van der Waals surface area contributed by atoms with Crippen molar-refractivity contribution in [3.63, 3.8) is 0 Å². The predicted octanol–water partition coefficient (Wildman–Crippen LogP) is 6.72. The molecule has 0 aliphatic carbocycles. The Kier molecular flexibility index (Phi) is 9.94. The number of hydrogen-bond acceptors (Lipinski definition) is 4. The molecule has 0 radical (unpaired) electrons. The fraction of sp³-hybridized carbons (Fsp3) is 0.500. The minimum atomic E-state index is -0.232. The molecule has 40 heavy (non-hydrogen) atoms. The van der Waals surface area contributed by atoms with Gasteiger partial charge in [-0.15, -0.1) is 0 Å². The quantitative estimate of drug-likeness (QED) is 0.216.